The average molecular weight is 272 g/mol. The van der Waals surface area contributed by atoms with E-state index >= 15 is 0 Å². The van der Waals surface area contributed by atoms with Gasteiger partial charge in [0, 0.05) is 17.6 Å². The van der Waals surface area contributed by atoms with E-state index in [0.29, 0.717) is 4.47 Å². The lowest BCUT2D eigenvalue weighted by molar-refractivity contribution is 0.0647. The predicted octanol–water partition coefficient (Wildman–Crippen LogP) is 2.74. The minimum absolute atomic E-state index is 0.176. The van der Waals surface area contributed by atoms with Gasteiger partial charge in [0.25, 0.3) is 5.91 Å². The van der Waals surface area contributed by atoms with E-state index in [0.717, 1.165) is 25.1 Å². The molecule has 0 bridgehead atoms. The lowest BCUT2D eigenvalue weighted by Gasteiger charge is -2.31. The van der Waals surface area contributed by atoms with E-state index in [1.54, 1.807) is 11.0 Å². The van der Waals surface area contributed by atoms with E-state index in [1.807, 2.05) is 6.92 Å². The van der Waals surface area contributed by atoms with E-state index in [9.17, 15) is 9.18 Å². The maximum absolute atomic E-state index is 13.5. The Morgan fingerprint density at radius 1 is 1.47 bits per heavy atom. The topological polar surface area (TPSA) is 20.3 Å². The molecule has 0 spiro atoms. The van der Waals surface area contributed by atoms with Crippen molar-refractivity contribution in [2.45, 2.75) is 13.3 Å². The van der Waals surface area contributed by atoms with Crippen LogP contribution in [-0.2, 0) is 0 Å². The van der Waals surface area contributed by atoms with Gasteiger partial charge in [-0.15, -0.1) is 0 Å². The molecule has 80 valence electrons. The Hall–Kier alpha value is -0.900. The molecular weight excluding hydrogens is 261 g/mol. The van der Waals surface area contributed by atoms with E-state index in [4.69, 9.17) is 0 Å². The summed E-state index contributed by atoms with van der Waals surface area (Å²) in [5, 5.41) is 0. The fourth-order valence-corrected chi connectivity index (χ4v) is 1.83. The number of hydrogen-bond donors (Lipinski definition) is 0. The zero-order valence-corrected chi connectivity index (χ0v) is 9.97. The number of nitrogens with zero attached hydrogens (tertiary/aromatic N) is 1. The molecule has 1 fully saturated rings. The highest BCUT2D eigenvalue weighted by molar-refractivity contribution is 9.10. The smallest absolute Gasteiger partial charge is 0.256 e. The van der Waals surface area contributed by atoms with Gasteiger partial charge in [-0.25, -0.2) is 4.39 Å². The quantitative estimate of drug-likeness (QED) is 0.769. The van der Waals surface area contributed by atoms with Crippen molar-refractivity contribution in [1.29, 1.82) is 0 Å². The van der Waals surface area contributed by atoms with Crippen molar-refractivity contribution >= 4 is 21.8 Å². The first-order valence-electron chi connectivity index (χ1n) is 4.84. The lowest BCUT2D eigenvalue weighted by Crippen LogP contribution is -2.42. The molecule has 1 aliphatic rings. The van der Waals surface area contributed by atoms with E-state index in [2.05, 4.69) is 15.9 Å². The molecule has 1 heterocycles. The van der Waals surface area contributed by atoms with Gasteiger partial charge in [0.2, 0.25) is 0 Å². The Balaban J connectivity index is 2.34. The summed E-state index contributed by atoms with van der Waals surface area (Å²) in [7, 11) is 0. The molecule has 0 unspecified atom stereocenters. The van der Waals surface area contributed by atoms with Crippen molar-refractivity contribution in [1.82, 2.24) is 4.90 Å². The molecule has 15 heavy (non-hydrogen) atoms. The van der Waals surface area contributed by atoms with Crippen molar-refractivity contribution in [2.24, 2.45) is 0 Å². The second-order valence-corrected chi connectivity index (χ2v) is 4.58. The summed E-state index contributed by atoms with van der Waals surface area (Å²) in [4.78, 5) is 13.4. The summed E-state index contributed by atoms with van der Waals surface area (Å²) in [6, 6.07) is 2.95. The Morgan fingerprint density at radius 3 is 2.67 bits per heavy atom. The largest absolute Gasteiger partial charge is 0.338 e. The maximum Gasteiger partial charge on any atom is 0.256 e. The number of halogens is 2. The Labute approximate surface area is 96.2 Å². The lowest BCUT2D eigenvalue weighted by atomic mass is 10.1. The molecule has 1 saturated heterocycles. The Bertz CT molecular complexity index is 415. The molecule has 0 saturated carbocycles. The molecule has 1 aromatic rings. The second kappa shape index (κ2) is 3.93. The third-order valence-electron chi connectivity index (χ3n) is 2.62. The third-order valence-corrected chi connectivity index (χ3v) is 3.48. The van der Waals surface area contributed by atoms with Crippen LogP contribution in [0.25, 0.3) is 0 Å². The van der Waals surface area contributed by atoms with Gasteiger partial charge in [0.15, 0.2) is 0 Å². The maximum atomic E-state index is 13.5. The third kappa shape index (κ3) is 1.91. The Morgan fingerprint density at radius 2 is 2.13 bits per heavy atom. The van der Waals surface area contributed by atoms with Gasteiger partial charge >= 0.3 is 0 Å². The van der Waals surface area contributed by atoms with Gasteiger partial charge in [-0.2, -0.15) is 0 Å². The summed E-state index contributed by atoms with van der Waals surface area (Å²) in [6.07, 6.45) is 1.02. The number of carbonyl (C=O) groups excluding carboxylic acids is 1. The molecule has 1 amide bonds. The Kier molecular flexibility index (Phi) is 2.78. The summed E-state index contributed by atoms with van der Waals surface area (Å²) < 4.78 is 14.2. The number of carbonyl (C=O) groups is 1. The molecule has 0 aromatic heterocycles. The molecular formula is C11H11BrFNO. The van der Waals surface area contributed by atoms with Crippen molar-refractivity contribution in [2.75, 3.05) is 13.1 Å². The van der Waals surface area contributed by atoms with Gasteiger partial charge in [-0.3, -0.25) is 4.79 Å². The molecule has 0 N–H and O–H groups in total. The second-order valence-electron chi connectivity index (χ2n) is 3.73. The normalized spacial score (nSPS) is 15.0. The molecule has 0 atom stereocenters. The first kappa shape index (κ1) is 10.6. The van der Waals surface area contributed by atoms with Crippen molar-refractivity contribution < 1.29 is 9.18 Å². The molecule has 0 aliphatic carbocycles. The SMILES string of the molecule is Cc1cc(C(=O)N2CCC2)c(F)cc1Br. The highest BCUT2D eigenvalue weighted by Gasteiger charge is 2.24. The number of rotatable bonds is 1. The monoisotopic (exact) mass is 271 g/mol. The van der Waals surface area contributed by atoms with Crippen LogP contribution in [0.15, 0.2) is 16.6 Å². The van der Waals surface area contributed by atoms with Crippen LogP contribution >= 0.6 is 15.9 Å². The highest BCUT2D eigenvalue weighted by atomic mass is 79.9. The van der Waals surface area contributed by atoms with Crippen LogP contribution in [0.4, 0.5) is 4.39 Å². The predicted molar refractivity (Wildman–Crippen MR) is 59.4 cm³/mol. The van der Waals surface area contributed by atoms with Crippen molar-refractivity contribution in [3.05, 3.63) is 33.5 Å². The molecule has 2 nitrogen and oxygen atoms in total. The number of hydrogen-bond acceptors (Lipinski definition) is 1. The summed E-state index contributed by atoms with van der Waals surface area (Å²) >= 11 is 3.23. The van der Waals surface area contributed by atoms with E-state index in [1.165, 1.54) is 6.07 Å². The number of benzene rings is 1. The van der Waals surface area contributed by atoms with Crippen LogP contribution in [0.1, 0.15) is 22.3 Å². The summed E-state index contributed by atoms with van der Waals surface area (Å²) in [6.45, 7) is 3.33. The van der Waals surface area contributed by atoms with Crippen LogP contribution in [0.3, 0.4) is 0 Å². The average Bonchev–Trinajstić information content (AvgIpc) is 2.08. The minimum atomic E-state index is -0.454. The van der Waals surface area contributed by atoms with Crippen LogP contribution in [-0.4, -0.2) is 23.9 Å². The first-order chi connectivity index (χ1) is 7.09. The zero-order chi connectivity index (χ0) is 11.0. The minimum Gasteiger partial charge on any atom is -0.338 e. The number of aryl methyl sites for hydroxylation is 1. The van der Waals surface area contributed by atoms with Crippen LogP contribution in [0.5, 0.6) is 0 Å². The van der Waals surface area contributed by atoms with Gasteiger partial charge < -0.3 is 4.90 Å². The molecule has 0 radical (unpaired) electrons. The van der Waals surface area contributed by atoms with Gasteiger partial charge in [0.1, 0.15) is 5.82 Å². The summed E-state index contributed by atoms with van der Waals surface area (Å²) in [5.74, 6) is -0.654. The first-order valence-corrected chi connectivity index (χ1v) is 5.64. The van der Waals surface area contributed by atoms with Crippen LogP contribution < -0.4 is 0 Å². The van der Waals surface area contributed by atoms with Crippen molar-refractivity contribution in [3.63, 3.8) is 0 Å². The van der Waals surface area contributed by atoms with Crippen molar-refractivity contribution in [3.8, 4) is 0 Å². The molecule has 4 heteroatoms. The standard InChI is InChI=1S/C11H11BrFNO/c1-7-5-8(10(13)6-9(7)12)11(15)14-3-2-4-14/h5-6H,2-4H2,1H3. The van der Waals surface area contributed by atoms with E-state index < -0.39 is 5.82 Å². The molecule has 2 rings (SSSR count). The molecule has 1 aromatic carbocycles. The van der Waals surface area contributed by atoms with Gasteiger partial charge in [-0.1, -0.05) is 15.9 Å². The zero-order valence-electron chi connectivity index (χ0n) is 8.39. The molecule has 1 aliphatic heterocycles. The van der Waals surface area contributed by atoms with Crippen LogP contribution in [0.2, 0.25) is 0 Å². The summed E-state index contributed by atoms with van der Waals surface area (Å²) in [5.41, 5.74) is 1.05. The number of amides is 1. The van der Waals surface area contributed by atoms with E-state index in [-0.39, 0.29) is 11.5 Å². The van der Waals surface area contributed by atoms with Gasteiger partial charge in [-0.05, 0) is 31.0 Å². The fourth-order valence-electron chi connectivity index (χ4n) is 1.51. The van der Waals surface area contributed by atoms with Crippen LogP contribution in [0, 0.1) is 12.7 Å². The fraction of sp³-hybridized carbons (Fsp3) is 0.364. The number of likely N-dealkylation sites (tertiary alicyclic amines) is 1. The highest BCUT2D eigenvalue weighted by Crippen LogP contribution is 2.22. The van der Waals surface area contributed by atoms with Gasteiger partial charge in [0.05, 0.1) is 5.56 Å².